The first-order chi connectivity index (χ1) is 16.5. The highest BCUT2D eigenvalue weighted by molar-refractivity contribution is 6.30. The number of hydrogen-bond donors (Lipinski definition) is 3. The molecule has 0 saturated carbocycles. The van der Waals surface area contributed by atoms with Gasteiger partial charge < -0.3 is 21.1 Å². The highest BCUT2D eigenvalue weighted by Crippen LogP contribution is 2.57. The van der Waals surface area contributed by atoms with E-state index < -0.39 is 5.60 Å². The fourth-order valence-corrected chi connectivity index (χ4v) is 5.01. The van der Waals surface area contributed by atoms with Crippen LogP contribution in [-0.2, 0) is 33.0 Å². The van der Waals surface area contributed by atoms with Gasteiger partial charge in [-0.05, 0) is 53.8 Å². The number of carbonyl (C=O) groups is 2. The van der Waals surface area contributed by atoms with Gasteiger partial charge in [-0.25, -0.2) is 4.79 Å². The molecule has 2 heterocycles. The minimum Gasteiger partial charge on any atom is -0.433 e. The number of halogens is 1. The van der Waals surface area contributed by atoms with Crippen molar-refractivity contribution >= 4 is 23.5 Å². The van der Waals surface area contributed by atoms with Crippen LogP contribution in [0.15, 0.2) is 66.7 Å². The topological polar surface area (TPSA) is 96.8 Å². The molecule has 174 valence electrons. The molecule has 3 aliphatic rings. The van der Waals surface area contributed by atoms with E-state index in [0.717, 1.165) is 52.8 Å². The third kappa shape index (κ3) is 3.98. The molecule has 3 aromatic rings. The van der Waals surface area contributed by atoms with Crippen molar-refractivity contribution in [3.8, 4) is 11.1 Å². The number of rotatable bonds is 4. The standard InChI is InChI=1S/C14H8O2.C13H18ClN3O/c15-13-14(16-13)11-7-3-1-5-9(11)10-6-2-4-8-12(10)14;14-11-4-3-9(7-15)10(6-11)8-17-13(18)12-2-1-5-16-12/h1-8H;3-4,6,12,16H,1-2,5,7-8,15H2,(H,17,18). The molecule has 1 unspecified atom stereocenters. The first kappa shape index (κ1) is 22.6. The molecule has 1 atom stereocenters. The van der Waals surface area contributed by atoms with E-state index in [1.807, 2.05) is 66.7 Å². The first-order valence-corrected chi connectivity index (χ1v) is 11.8. The Labute approximate surface area is 203 Å². The molecule has 2 fully saturated rings. The van der Waals surface area contributed by atoms with Gasteiger partial charge >= 0.3 is 5.97 Å². The summed E-state index contributed by atoms with van der Waals surface area (Å²) in [5.41, 5.74) is 11.1. The zero-order valence-electron chi connectivity index (χ0n) is 18.6. The van der Waals surface area contributed by atoms with Crippen LogP contribution in [0.2, 0.25) is 5.02 Å². The molecule has 6 nitrogen and oxygen atoms in total. The van der Waals surface area contributed by atoms with Crippen molar-refractivity contribution in [2.75, 3.05) is 6.54 Å². The maximum atomic E-state index is 11.9. The van der Waals surface area contributed by atoms with Gasteiger partial charge in [0.15, 0.2) is 0 Å². The molecule has 7 heteroatoms. The van der Waals surface area contributed by atoms with Crippen molar-refractivity contribution in [1.82, 2.24) is 10.6 Å². The fourth-order valence-electron chi connectivity index (χ4n) is 4.81. The Morgan fingerprint density at radius 3 is 2.26 bits per heavy atom. The Kier molecular flexibility index (Phi) is 6.13. The quantitative estimate of drug-likeness (QED) is 0.501. The highest BCUT2D eigenvalue weighted by atomic mass is 35.5. The second-order valence-electron chi connectivity index (χ2n) is 8.65. The molecule has 2 aliphatic heterocycles. The molecule has 1 aliphatic carbocycles. The molecule has 2 saturated heterocycles. The summed E-state index contributed by atoms with van der Waals surface area (Å²) in [5, 5.41) is 6.76. The van der Waals surface area contributed by atoms with Crippen molar-refractivity contribution in [2.45, 2.75) is 37.6 Å². The summed E-state index contributed by atoms with van der Waals surface area (Å²) in [7, 11) is 0. The molecule has 0 radical (unpaired) electrons. The molecular weight excluding hydrogens is 450 g/mol. The smallest absolute Gasteiger partial charge is 0.362 e. The van der Waals surface area contributed by atoms with Gasteiger partial charge in [0.2, 0.25) is 5.91 Å². The second kappa shape index (κ2) is 9.22. The Balaban J connectivity index is 0.000000142. The van der Waals surface area contributed by atoms with Crippen molar-refractivity contribution in [1.29, 1.82) is 0 Å². The maximum Gasteiger partial charge on any atom is 0.362 e. The normalized spacial score (nSPS) is 18.4. The van der Waals surface area contributed by atoms with Crippen molar-refractivity contribution in [3.05, 3.63) is 94.0 Å². The van der Waals surface area contributed by atoms with Crippen LogP contribution in [0.1, 0.15) is 35.1 Å². The number of hydrogen-bond acceptors (Lipinski definition) is 5. The number of benzene rings is 3. The predicted molar refractivity (Wildman–Crippen MR) is 131 cm³/mol. The SMILES string of the molecule is NCc1ccc(Cl)cc1CNC(=O)C1CCCN1.O=C1OC12c1ccccc1-c1ccccc12. The zero-order valence-corrected chi connectivity index (χ0v) is 19.4. The lowest BCUT2D eigenvalue weighted by atomic mass is 9.98. The van der Waals surface area contributed by atoms with E-state index in [9.17, 15) is 9.59 Å². The third-order valence-electron chi connectivity index (χ3n) is 6.61. The molecule has 3 aromatic carbocycles. The average Bonchev–Trinajstić information content (AvgIpc) is 3.20. The van der Waals surface area contributed by atoms with Gasteiger partial charge in [-0.2, -0.15) is 0 Å². The minimum absolute atomic E-state index is 0.0505. The molecule has 4 N–H and O–H groups in total. The van der Waals surface area contributed by atoms with Crippen molar-refractivity contribution in [3.63, 3.8) is 0 Å². The summed E-state index contributed by atoms with van der Waals surface area (Å²) in [6.07, 6.45) is 1.97. The average molecular weight is 476 g/mol. The second-order valence-corrected chi connectivity index (χ2v) is 9.08. The Hall–Kier alpha value is -3.19. The van der Waals surface area contributed by atoms with Crippen LogP contribution in [0, 0.1) is 0 Å². The largest absolute Gasteiger partial charge is 0.433 e. The summed E-state index contributed by atoms with van der Waals surface area (Å²) in [6.45, 7) is 1.84. The van der Waals surface area contributed by atoms with E-state index in [4.69, 9.17) is 22.1 Å². The van der Waals surface area contributed by atoms with E-state index >= 15 is 0 Å². The number of nitrogens with two attached hydrogens (primary N) is 1. The lowest BCUT2D eigenvalue weighted by molar-refractivity contribution is -0.123. The number of amides is 1. The van der Waals surface area contributed by atoms with E-state index in [1.165, 1.54) is 0 Å². The van der Waals surface area contributed by atoms with Crippen LogP contribution in [-0.4, -0.2) is 24.5 Å². The molecule has 0 bridgehead atoms. The number of fused-ring (bicyclic) bond motifs is 5. The van der Waals surface area contributed by atoms with Crippen LogP contribution < -0.4 is 16.4 Å². The fraction of sp³-hybridized carbons (Fsp3) is 0.259. The third-order valence-corrected chi connectivity index (χ3v) is 6.85. The molecule has 1 spiro atoms. The molecule has 0 aromatic heterocycles. The first-order valence-electron chi connectivity index (χ1n) is 11.5. The summed E-state index contributed by atoms with van der Waals surface area (Å²) in [4.78, 5) is 23.5. The Morgan fingerprint density at radius 2 is 1.71 bits per heavy atom. The monoisotopic (exact) mass is 475 g/mol. The number of carbonyl (C=O) groups excluding carboxylic acids is 2. The van der Waals surface area contributed by atoms with Crippen molar-refractivity contribution in [2.24, 2.45) is 5.73 Å². The van der Waals surface area contributed by atoms with Crippen LogP contribution >= 0.6 is 11.6 Å². The van der Waals surface area contributed by atoms with E-state index in [0.29, 0.717) is 18.1 Å². The van der Waals surface area contributed by atoms with Crippen LogP contribution in [0.5, 0.6) is 0 Å². The van der Waals surface area contributed by atoms with E-state index in [-0.39, 0.29) is 17.9 Å². The Bertz CT molecular complexity index is 1210. The van der Waals surface area contributed by atoms with Gasteiger partial charge in [-0.15, -0.1) is 0 Å². The lowest BCUT2D eigenvalue weighted by Crippen LogP contribution is -2.40. The molecule has 1 amide bonds. The van der Waals surface area contributed by atoms with Gasteiger partial charge in [0.1, 0.15) is 0 Å². The molecular formula is C27H26ClN3O3. The number of epoxide rings is 1. The van der Waals surface area contributed by atoms with E-state index in [2.05, 4.69) is 10.6 Å². The van der Waals surface area contributed by atoms with Crippen LogP contribution in [0.3, 0.4) is 0 Å². The summed E-state index contributed by atoms with van der Waals surface area (Å²) < 4.78 is 5.28. The minimum atomic E-state index is -0.771. The molecule has 6 rings (SSSR count). The van der Waals surface area contributed by atoms with Crippen molar-refractivity contribution < 1.29 is 14.3 Å². The maximum absolute atomic E-state index is 11.9. The van der Waals surface area contributed by atoms with Gasteiger partial charge in [0, 0.05) is 29.2 Å². The van der Waals surface area contributed by atoms with E-state index in [1.54, 1.807) is 0 Å². The highest BCUT2D eigenvalue weighted by Gasteiger charge is 2.65. The lowest BCUT2D eigenvalue weighted by Gasteiger charge is -2.13. The van der Waals surface area contributed by atoms with Gasteiger partial charge in [0.25, 0.3) is 5.60 Å². The number of nitrogens with one attached hydrogen (secondary N) is 2. The van der Waals surface area contributed by atoms with Gasteiger partial charge in [0.05, 0.1) is 6.04 Å². The van der Waals surface area contributed by atoms with Gasteiger partial charge in [-0.1, -0.05) is 66.2 Å². The predicted octanol–water partition coefficient (Wildman–Crippen LogP) is 3.63. The van der Waals surface area contributed by atoms with Gasteiger partial charge in [-0.3, -0.25) is 4.79 Å². The summed E-state index contributed by atoms with van der Waals surface area (Å²) in [5.74, 6) is -0.0830. The summed E-state index contributed by atoms with van der Waals surface area (Å²) >= 11 is 5.95. The Morgan fingerprint density at radius 1 is 1.06 bits per heavy atom. The van der Waals surface area contributed by atoms with Crippen LogP contribution in [0.25, 0.3) is 11.1 Å². The zero-order chi connectivity index (χ0) is 23.7. The molecule has 34 heavy (non-hydrogen) atoms. The van der Waals surface area contributed by atoms with Crippen LogP contribution in [0.4, 0.5) is 0 Å². The number of ether oxygens (including phenoxy) is 1. The summed E-state index contributed by atoms with van der Waals surface area (Å²) in [6, 6.07) is 21.4.